The van der Waals surface area contributed by atoms with Gasteiger partial charge in [0.05, 0.1) is 11.0 Å². The van der Waals surface area contributed by atoms with Crippen molar-refractivity contribution in [1.29, 1.82) is 0 Å². The maximum Gasteiger partial charge on any atom is 0.396 e. The highest BCUT2D eigenvalue weighted by molar-refractivity contribution is 5.78. The van der Waals surface area contributed by atoms with Crippen molar-refractivity contribution in [2.24, 2.45) is 0 Å². The van der Waals surface area contributed by atoms with Gasteiger partial charge in [0, 0.05) is 12.1 Å². The summed E-state index contributed by atoms with van der Waals surface area (Å²) in [6.07, 6.45) is -6.10. The standard InChI is InChI=1S/C11H7F5N2O2/c12-5-1-7-8(2-6(5)13)18(4-10(19)20)9(17-7)3-11(14,15)16/h1-2H,3-4H2,(H,19,20). The lowest BCUT2D eigenvalue weighted by Gasteiger charge is -2.08. The minimum atomic E-state index is -4.62. The van der Waals surface area contributed by atoms with E-state index in [1.165, 1.54) is 0 Å². The lowest BCUT2D eigenvalue weighted by Crippen LogP contribution is -2.18. The van der Waals surface area contributed by atoms with Gasteiger partial charge in [-0.2, -0.15) is 13.2 Å². The molecule has 0 aliphatic rings. The van der Waals surface area contributed by atoms with Crippen LogP contribution in [0.25, 0.3) is 11.0 Å². The molecule has 0 radical (unpaired) electrons. The van der Waals surface area contributed by atoms with Gasteiger partial charge in [0.1, 0.15) is 18.8 Å². The molecule has 1 N–H and O–H groups in total. The molecule has 0 fully saturated rings. The molecule has 0 saturated carbocycles. The van der Waals surface area contributed by atoms with Crippen LogP contribution in [0.2, 0.25) is 0 Å². The second-order valence-corrected chi connectivity index (χ2v) is 4.05. The predicted molar refractivity (Wildman–Crippen MR) is 57.0 cm³/mol. The number of halogens is 5. The van der Waals surface area contributed by atoms with E-state index in [0.29, 0.717) is 16.7 Å². The van der Waals surface area contributed by atoms with E-state index >= 15 is 0 Å². The Labute approximate surface area is 108 Å². The summed E-state index contributed by atoms with van der Waals surface area (Å²) >= 11 is 0. The Hall–Kier alpha value is -2.19. The SMILES string of the molecule is O=C(O)Cn1c(CC(F)(F)F)nc2cc(F)c(F)cc21. The zero-order valence-electron chi connectivity index (χ0n) is 9.71. The van der Waals surface area contributed by atoms with Gasteiger partial charge in [-0.1, -0.05) is 0 Å². The fourth-order valence-electron chi connectivity index (χ4n) is 1.80. The van der Waals surface area contributed by atoms with E-state index in [1.807, 2.05) is 0 Å². The van der Waals surface area contributed by atoms with Crippen LogP contribution < -0.4 is 0 Å². The first kappa shape index (κ1) is 14.2. The molecular weight excluding hydrogens is 287 g/mol. The number of alkyl halides is 3. The first-order valence-electron chi connectivity index (χ1n) is 5.30. The molecule has 1 heterocycles. The van der Waals surface area contributed by atoms with Crippen molar-refractivity contribution in [2.45, 2.75) is 19.1 Å². The van der Waals surface area contributed by atoms with Crippen LogP contribution in [0.1, 0.15) is 5.82 Å². The third kappa shape index (κ3) is 2.86. The molecular formula is C11H7F5N2O2. The summed E-state index contributed by atoms with van der Waals surface area (Å²) in [5.74, 6) is -4.59. The molecule has 1 aromatic carbocycles. The fourth-order valence-corrected chi connectivity index (χ4v) is 1.80. The quantitative estimate of drug-likeness (QED) is 0.885. The van der Waals surface area contributed by atoms with Gasteiger partial charge in [-0.25, -0.2) is 13.8 Å². The van der Waals surface area contributed by atoms with Crippen LogP contribution in [-0.4, -0.2) is 26.8 Å². The van der Waals surface area contributed by atoms with Crippen molar-refractivity contribution in [3.8, 4) is 0 Å². The third-order valence-corrected chi connectivity index (χ3v) is 2.52. The largest absolute Gasteiger partial charge is 0.480 e. The molecule has 4 nitrogen and oxygen atoms in total. The van der Waals surface area contributed by atoms with Crippen molar-refractivity contribution < 1.29 is 31.9 Å². The topological polar surface area (TPSA) is 55.1 Å². The van der Waals surface area contributed by atoms with Crippen molar-refractivity contribution in [1.82, 2.24) is 9.55 Å². The Kier molecular flexibility index (Phi) is 3.36. The summed E-state index contributed by atoms with van der Waals surface area (Å²) in [4.78, 5) is 14.2. The van der Waals surface area contributed by atoms with Crippen LogP contribution in [0.15, 0.2) is 12.1 Å². The zero-order chi connectivity index (χ0) is 15.1. The Morgan fingerprint density at radius 1 is 1.25 bits per heavy atom. The fraction of sp³-hybridized carbons (Fsp3) is 0.273. The normalized spacial score (nSPS) is 12.1. The number of carboxylic acids is 1. The number of hydrogen-bond acceptors (Lipinski definition) is 2. The summed E-state index contributed by atoms with van der Waals surface area (Å²) in [6, 6.07) is 1.25. The molecule has 0 aliphatic carbocycles. The maximum atomic E-state index is 13.1. The molecule has 0 amide bonds. The molecule has 9 heteroatoms. The molecule has 0 unspecified atom stereocenters. The number of imidazole rings is 1. The first-order chi connectivity index (χ1) is 9.17. The van der Waals surface area contributed by atoms with Gasteiger partial charge in [0.25, 0.3) is 0 Å². The molecule has 2 rings (SSSR count). The molecule has 0 bridgehead atoms. The number of rotatable bonds is 3. The van der Waals surface area contributed by atoms with E-state index in [0.717, 1.165) is 0 Å². The van der Waals surface area contributed by atoms with E-state index in [-0.39, 0.29) is 11.0 Å². The van der Waals surface area contributed by atoms with E-state index < -0.39 is 42.6 Å². The smallest absolute Gasteiger partial charge is 0.396 e. The van der Waals surface area contributed by atoms with Gasteiger partial charge in [-0.05, 0) is 0 Å². The molecule has 0 spiro atoms. The van der Waals surface area contributed by atoms with Gasteiger partial charge in [-0.15, -0.1) is 0 Å². The highest BCUT2D eigenvalue weighted by Crippen LogP contribution is 2.25. The minimum Gasteiger partial charge on any atom is -0.480 e. The van der Waals surface area contributed by atoms with Gasteiger partial charge >= 0.3 is 12.1 Å². The lowest BCUT2D eigenvalue weighted by molar-refractivity contribution is -0.138. The number of carbonyl (C=O) groups is 1. The van der Waals surface area contributed by atoms with Crippen LogP contribution >= 0.6 is 0 Å². The predicted octanol–water partition coefficient (Wildman–Crippen LogP) is 2.50. The first-order valence-corrected chi connectivity index (χ1v) is 5.30. The Balaban J connectivity index is 2.63. The number of nitrogens with zero attached hydrogens (tertiary/aromatic N) is 2. The summed E-state index contributed by atoms with van der Waals surface area (Å²) in [5, 5.41) is 8.69. The number of carboxylic acid groups (broad SMARTS) is 1. The van der Waals surface area contributed by atoms with Crippen molar-refractivity contribution >= 4 is 17.0 Å². The molecule has 0 saturated heterocycles. The Morgan fingerprint density at radius 3 is 2.40 bits per heavy atom. The lowest BCUT2D eigenvalue weighted by atomic mass is 10.3. The molecule has 108 valence electrons. The van der Waals surface area contributed by atoms with Gasteiger partial charge in [-0.3, -0.25) is 4.79 Å². The number of hydrogen-bond donors (Lipinski definition) is 1. The van der Waals surface area contributed by atoms with Crippen LogP contribution in [-0.2, 0) is 17.8 Å². The number of aromatic nitrogens is 2. The van der Waals surface area contributed by atoms with E-state index in [9.17, 15) is 26.7 Å². The molecule has 2 aromatic rings. The van der Waals surface area contributed by atoms with E-state index in [2.05, 4.69) is 4.98 Å². The summed E-state index contributed by atoms with van der Waals surface area (Å²) in [7, 11) is 0. The molecule has 20 heavy (non-hydrogen) atoms. The van der Waals surface area contributed by atoms with Gasteiger partial charge < -0.3 is 9.67 Å². The van der Waals surface area contributed by atoms with Gasteiger partial charge in [0.2, 0.25) is 0 Å². The van der Waals surface area contributed by atoms with Crippen LogP contribution in [0, 0.1) is 11.6 Å². The summed E-state index contributed by atoms with van der Waals surface area (Å²) < 4.78 is 64.0. The Bertz CT molecular complexity index is 677. The maximum absolute atomic E-state index is 13.1. The second-order valence-electron chi connectivity index (χ2n) is 4.05. The zero-order valence-corrected chi connectivity index (χ0v) is 9.71. The average Bonchev–Trinajstić information content (AvgIpc) is 2.55. The highest BCUT2D eigenvalue weighted by atomic mass is 19.4. The Morgan fingerprint density at radius 2 is 1.85 bits per heavy atom. The monoisotopic (exact) mass is 294 g/mol. The highest BCUT2D eigenvalue weighted by Gasteiger charge is 2.31. The second kappa shape index (κ2) is 4.73. The number of benzene rings is 1. The van der Waals surface area contributed by atoms with E-state index in [1.54, 1.807) is 0 Å². The van der Waals surface area contributed by atoms with Crippen LogP contribution in [0.5, 0.6) is 0 Å². The van der Waals surface area contributed by atoms with E-state index in [4.69, 9.17) is 5.11 Å². The molecule has 0 aliphatic heterocycles. The van der Waals surface area contributed by atoms with Crippen molar-refractivity contribution in [2.75, 3.05) is 0 Å². The molecule has 0 atom stereocenters. The average molecular weight is 294 g/mol. The van der Waals surface area contributed by atoms with Crippen LogP contribution in [0.4, 0.5) is 22.0 Å². The molecule has 1 aromatic heterocycles. The van der Waals surface area contributed by atoms with Crippen molar-refractivity contribution in [3.63, 3.8) is 0 Å². The summed E-state index contributed by atoms with van der Waals surface area (Å²) in [5.41, 5.74) is -0.435. The minimum absolute atomic E-state index is 0.203. The van der Waals surface area contributed by atoms with Crippen molar-refractivity contribution in [3.05, 3.63) is 29.6 Å². The third-order valence-electron chi connectivity index (χ3n) is 2.52. The number of fused-ring (bicyclic) bond motifs is 1. The van der Waals surface area contributed by atoms with Crippen LogP contribution in [0.3, 0.4) is 0 Å². The van der Waals surface area contributed by atoms with Gasteiger partial charge in [0.15, 0.2) is 11.6 Å². The summed E-state index contributed by atoms with van der Waals surface area (Å²) in [6.45, 7) is -0.826. The number of aliphatic carboxylic acids is 1.